The summed E-state index contributed by atoms with van der Waals surface area (Å²) in [4.78, 5) is 0. The summed E-state index contributed by atoms with van der Waals surface area (Å²) < 4.78 is 11.3. The molecule has 0 N–H and O–H groups in total. The average Bonchev–Trinajstić information content (AvgIpc) is 3.37. The Labute approximate surface area is 141 Å². The number of ether oxygens (including phenoxy) is 2. The molecule has 1 aromatic rings. The average molecular weight is 322 g/mol. The Bertz CT molecular complexity index is 723. The van der Waals surface area contributed by atoms with Crippen LogP contribution in [0.5, 0.6) is 0 Å². The molecule has 0 unspecified atom stereocenters. The van der Waals surface area contributed by atoms with Gasteiger partial charge in [0.2, 0.25) is 11.8 Å². The van der Waals surface area contributed by atoms with Crippen LogP contribution in [0.25, 0.3) is 0 Å². The zero-order valence-corrected chi connectivity index (χ0v) is 14.1. The summed E-state index contributed by atoms with van der Waals surface area (Å²) in [7, 11) is 3.48. The van der Waals surface area contributed by atoms with E-state index in [9.17, 15) is 0 Å². The summed E-state index contributed by atoms with van der Waals surface area (Å²) in [6.45, 7) is 0. The number of methoxy groups -OCH3 is 2. The van der Waals surface area contributed by atoms with Crippen LogP contribution in [0.2, 0.25) is 0 Å². The van der Waals surface area contributed by atoms with Gasteiger partial charge in [-0.2, -0.15) is 0 Å². The van der Waals surface area contributed by atoms with Crippen molar-refractivity contribution in [2.24, 2.45) is 45.7 Å². The van der Waals surface area contributed by atoms with E-state index in [4.69, 9.17) is 9.47 Å². The highest BCUT2D eigenvalue weighted by atomic mass is 16.5. The van der Waals surface area contributed by atoms with Crippen LogP contribution in [0, 0.1) is 35.5 Å². The number of nitrogens with zero attached hydrogens (tertiary/aromatic N) is 2. The Balaban J connectivity index is 1.47. The first kappa shape index (κ1) is 13.5. The fraction of sp³-hybridized carbons (Fsp3) is 0.600. The van der Waals surface area contributed by atoms with Crippen LogP contribution in [-0.4, -0.2) is 26.0 Å². The molecule has 1 aliphatic heterocycles. The SMILES string of the molecule is COC1=NN=C(OC)[C@H]2[C@H]3C[C@@H]([C@@H]12)[C@@H]1[C@H]3[C@H]2C[C@@H]1c1ccccc12. The highest BCUT2D eigenvalue weighted by Gasteiger charge is 2.69. The second-order valence-electron chi connectivity index (χ2n) is 8.13. The Kier molecular flexibility index (Phi) is 2.47. The lowest BCUT2D eigenvalue weighted by molar-refractivity contribution is 0.132. The van der Waals surface area contributed by atoms with Gasteiger partial charge in [-0.1, -0.05) is 24.3 Å². The third-order valence-electron chi connectivity index (χ3n) is 7.75. The van der Waals surface area contributed by atoms with E-state index in [0.29, 0.717) is 23.7 Å². The molecule has 124 valence electrons. The summed E-state index contributed by atoms with van der Waals surface area (Å²) in [5.74, 6) is 6.86. The smallest absolute Gasteiger partial charge is 0.212 e. The first-order valence-corrected chi connectivity index (χ1v) is 9.15. The monoisotopic (exact) mass is 322 g/mol. The molecule has 1 heterocycles. The van der Waals surface area contributed by atoms with Crippen LogP contribution in [0.15, 0.2) is 34.5 Å². The van der Waals surface area contributed by atoms with Crippen molar-refractivity contribution >= 4 is 11.8 Å². The number of hydrogen-bond donors (Lipinski definition) is 0. The number of fused-ring (bicyclic) bond motifs is 15. The van der Waals surface area contributed by atoms with Gasteiger partial charge in [-0.05, 0) is 59.5 Å². The van der Waals surface area contributed by atoms with Crippen LogP contribution in [0.4, 0.5) is 0 Å². The van der Waals surface area contributed by atoms with Crippen LogP contribution in [0.1, 0.15) is 35.8 Å². The highest BCUT2D eigenvalue weighted by Crippen LogP contribution is 2.74. The molecular formula is C20H22N2O2. The molecule has 0 spiro atoms. The van der Waals surface area contributed by atoms with E-state index < -0.39 is 0 Å². The van der Waals surface area contributed by atoms with Crippen molar-refractivity contribution in [3.63, 3.8) is 0 Å². The van der Waals surface area contributed by atoms with Crippen LogP contribution in [-0.2, 0) is 9.47 Å². The summed E-state index contributed by atoms with van der Waals surface area (Å²) in [6.07, 6.45) is 2.64. The van der Waals surface area contributed by atoms with Gasteiger partial charge in [0.05, 0.1) is 26.1 Å². The summed E-state index contributed by atoms with van der Waals surface area (Å²) in [6, 6.07) is 9.16. The van der Waals surface area contributed by atoms with E-state index in [1.165, 1.54) is 12.8 Å². The van der Waals surface area contributed by atoms with Crippen molar-refractivity contribution in [3.8, 4) is 0 Å². The van der Waals surface area contributed by atoms with Crippen LogP contribution < -0.4 is 0 Å². The largest absolute Gasteiger partial charge is 0.483 e. The first-order chi connectivity index (χ1) is 11.8. The Morgan fingerprint density at radius 1 is 0.792 bits per heavy atom. The van der Waals surface area contributed by atoms with Gasteiger partial charge in [0.25, 0.3) is 0 Å². The van der Waals surface area contributed by atoms with Gasteiger partial charge in [-0.15, -0.1) is 10.2 Å². The highest BCUT2D eigenvalue weighted by molar-refractivity contribution is 5.92. The minimum Gasteiger partial charge on any atom is -0.483 e. The van der Waals surface area contributed by atoms with E-state index in [1.807, 2.05) is 0 Å². The van der Waals surface area contributed by atoms with Crippen molar-refractivity contribution in [2.75, 3.05) is 14.2 Å². The lowest BCUT2D eigenvalue weighted by Crippen LogP contribution is -2.46. The minimum atomic E-state index is 0.375. The third-order valence-corrected chi connectivity index (χ3v) is 7.75. The summed E-state index contributed by atoms with van der Waals surface area (Å²) >= 11 is 0. The van der Waals surface area contributed by atoms with Crippen molar-refractivity contribution in [2.45, 2.75) is 24.7 Å². The van der Waals surface area contributed by atoms with Crippen LogP contribution in [0.3, 0.4) is 0 Å². The zero-order valence-electron chi connectivity index (χ0n) is 14.1. The van der Waals surface area contributed by atoms with E-state index in [0.717, 1.165) is 35.5 Å². The molecule has 8 atom stereocenters. The first-order valence-electron chi connectivity index (χ1n) is 9.15. The molecule has 5 aliphatic rings. The maximum atomic E-state index is 5.64. The zero-order chi connectivity index (χ0) is 16.0. The van der Waals surface area contributed by atoms with E-state index in [1.54, 1.807) is 25.3 Å². The molecule has 4 nitrogen and oxygen atoms in total. The molecule has 3 saturated carbocycles. The number of hydrogen-bond acceptors (Lipinski definition) is 4. The topological polar surface area (TPSA) is 43.2 Å². The molecular weight excluding hydrogens is 300 g/mol. The Morgan fingerprint density at radius 2 is 1.29 bits per heavy atom. The van der Waals surface area contributed by atoms with Gasteiger partial charge in [-0.25, -0.2) is 0 Å². The van der Waals surface area contributed by atoms with Crippen molar-refractivity contribution in [1.82, 2.24) is 0 Å². The van der Waals surface area contributed by atoms with Crippen molar-refractivity contribution in [3.05, 3.63) is 35.4 Å². The molecule has 24 heavy (non-hydrogen) atoms. The molecule has 4 heteroatoms. The minimum absolute atomic E-state index is 0.375. The number of benzene rings is 1. The van der Waals surface area contributed by atoms with Gasteiger partial charge in [0, 0.05) is 0 Å². The van der Waals surface area contributed by atoms with Gasteiger partial charge in [-0.3, -0.25) is 0 Å². The second-order valence-corrected chi connectivity index (χ2v) is 8.13. The summed E-state index contributed by atoms with van der Waals surface area (Å²) in [5.41, 5.74) is 3.25. The van der Waals surface area contributed by atoms with Gasteiger partial charge >= 0.3 is 0 Å². The molecule has 0 amide bonds. The molecule has 0 aromatic heterocycles. The van der Waals surface area contributed by atoms with Crippen molar-refractivity contribution < 1.29 is 9.47 Å². The van der Waals surface area contributed by atoms with E-state index in [-0.39, 0.29) is 0 Å². The molecule has 3 fully saturated rings. The Hall–Kier alpha value is -1.84. The quantitative estimate of drug-likeness (QED) is 0.687. The fourth-order valence-electron chi connectivity index (χ4n) is 7.34. The lowest BCUT2D eigenvalue weighted by Gasteiger charge is -2.43. The normalized spacial score (nSPS) is 46.1. The van der Waals surface area contributed by atoms with Crippen LogP contribution >= 0.6 is 0 Å². The fourth-order valence-corrected chi connectivity index (χ4v) is 7.34. The lowest BCUT2D eigenvalue weighted by atomic mass is 9.62. The van der Waals surface area contributed by atoms with Gasteiger partial charge in [0.1, 0.15) is 0 Å². The van der Waals surface area contributed by atoms with E-state index >= 15 is 0 Å². The maximum absolute atomic E-state index is 5.64. The molecule has 4 bridgehead atoms. The molecule has 6 rings (SSSR count). The van der Waals surface area contributed by atoms with E-state index in [2.05, 4.69) is 34.5 Å². The molecule has 4 aliphatic carbocycles. The molecule has 0 radical (unpaired) electrons. The third kappa shape index (κ3) is 1.35. The standard InChI is InChI=1S/C20H22N2O2/c1-23-19-17-13-8-14(18(17)20(24-2)22-21-19)16-12-7-11(15(13)16)9-5-3-4-6-10(9)12/h3-6,11-18H,7-8H2,1-2H3/t11-,12+,13-,14+,15-,16+,17-,18+. The predicted octanol–water partition coefficient (Wildman–Crippen LogP) is 3.40. The number of rotatable bonds is 0. The Morgan fingerprint density at radius 3 is 1.75 bits per heavy atom. The second kappa shape index (κ2) is 4.41. The molecule has 0 saturated heterocycles. The maximum Gasteiger partial charge on any atom is 0.212 e. The van der Waals surface area contributed by atoms with Gasteiger partial charge < -0.3 is 9.47 Å². The summed E-state index contributed by atoms with van der Waals surface area (Å²) in [5, 5.41) is 8.68. The molecule has 1 aromatic carbocycles. The van der Waals surface area contributed by atoms with Gasteiger partial charge in [0.15, 0.2) is 0 Å². The van der Waals surface area contributed by atoms with Crippen molar-refractivity contribution in [1.29, 1.82) is 0 Å². The predicted molar refractivity (Wildman–Crippen MR) is 91.0 cm³/mol.